The van der Waals surface area contributed by atoms with E-state index in [9.17, 15) is 13.8 Å². The van der Waals surface area contributed by atoms with E-state index in [1.807, 2.05) is 0 Å². The lowest BCUT2D eigenvalue weighted by Crippen LogP contribution is -2.16. The predicted molar refractivity (Wildman–Crippen MR) is 45.2 cm³/mol. The Hall–Kier alpha value is -0.710. The molecule has 0 spiro atoms. The number of rotatable bonds is 5. The van der Waals surface area contributed by atoms with E-state index in [1.165, 1.54) is 6.26 Å². The summed E-state index contributed by atoms with van der Waals surface area (Å²) in [6, 6.07) is 0. The molecule has 0 heterocycles. The van der Waals surface area contributed by atoms with E-state index in [0.29, 0.717) is 0 Å². The molecule has 0 fully saturated rings. The largest absolute Gasteiger partial charge is 0.466 e. The van der Waals surface area contributed by atoms with Crippen molar-refractivity contribution in [2.24, 2.45) is 0 Å². The molecule has 0 saturated carbocycles. The van der Waals surface area contributed by atoms with Gasteiger partial charge in [-0.3, -0.25) is 13.8 Å². The standard InChI is InChI=1S/C7H12O4S/c1-3-11-7(9)4-6(8)5-12(2)10/h3-5H2,1-2H3. The van der Waals surface area contributed by atoms with Crippen molar-refractivity contribution >= 4 is 22.6 Å². The molecular formula is C7H12O4S. The maximum absolute atomic E-state index is 10.8. The van der Waals surface area contributed by atoms with Crippen LogP contribution in [0.1, 0.15) is 13.3 Å². The minimum absolute atomic E-state index is 0.0706. The molecule has 0 aliphatic carbocycles. The summed E-state index contributed by atoms with van der Waals surface area (Å²) in [6.07, 6.45) is 1.15. The van der Waals surface area contributed by atoms with Crippen molar-refractivity contribution in [2.75, 3.05) is 18.6 Å². The highest BCUT2D eigenvalue weighted by atomic mass is 32.2. The van der Waals surface area contributed by atoms with E-state index in [0.717, 1.165) is 0 Å². The highest BCUT2D eigenvalue weighted by Gasteiger charge is 2.10. The lowest BCUT2D eigenvalue weighted by atomic mass is 10.3. The zero-order chi connectivity index (χ0) is 9.56. The minimum atomic E-state index is -1.17. The second-order valence-electron chi connectivity index (χ2n) is 2.24. The highest BCUT2D eigenvalue weighted by molar-refractivity contribution is 7.85. The smallest absolute Gasteiger partial charge is 0.313 e. The molecule has 0 amide bonds. The zero-order valence-corrected chi connectivity index (χ0v) is 7.98. The summed E-state index contributed by atoms with van der Waals surface area (Å²) in [4.78, 5) is 21.5. The van der Waals surface area contributed by atoms with Gasteiger partial charge in [0.05, 0.1) is 12.4 Å². The van der Waals surface area contributed by atoms with Gasteiger partial charge in [-0.1, -0.05) is 0 Å². The van der Waals surface area contributed by atoms with E-state index >= 15 is 0 Å². The molecule has 0 saturated heterocycles. The Morgan fingerprint density at radius 3 is 2.42 bits per heavy atom. The third kappa shape index (κ3) is 6.03. The van der Waals surface area contributed by atoms with E-state index in [-0.39, 0.29) is 24.6 Å². The predicted octanol–water partition coefficient (Wildman–Crippen LogP) is -0.113. The molecule has 5 heteroatoms. The fraction of sp³-hybridized carbons (Fsp3) is 0.714. The number of hydrogen-bond acceptors (Lipinski definition) is 4. The first-order valence-corrected chi connectivity index (χ1v) is 5.26. The molecule has 70 valence electrons. The van der Waals surface area contributed by atoms with E-state index in [2.05, 4.69) is 4.74 Å². The molecule has 0 aliphatic heterocycles. The molecule has 0 N–H and O–H groups in total. The molecule has 12 heavy (non-hydrogen) atoms. The summed E-state index contributed by atoms with van der Waals surface area (Å²) < 4.78 is 15.1. The maximum Gasteiger partial charge on any atom is 0.313 e. The van der Waals surface area contributed by atoms with Crippen molar-refractivity contribution in [3.05, 3.63) is 0 Å². The third-order valence-electron chi connectivity index (χ3n) is 1.01. The van der Waals surface area contributed by atoms with Crippen LogP contribution in [0.5, 0.6) is 0 Å². The van der Waals surface area contributed by atoms with Crippen LogP contribution in [0.2, 0.25) is 0 Å². The van der Waals surface area contributed by atoms with Crippen molar-refractivity contribution in [2.45, 2.75) is 13.3 Å². The molecule has 0 aliphatic rings. The monoisotopic (exact) mass is 192 g/mol. The molecule has 0 aromatic rings. The molecule has 0 rings (SSSR count). The van der Waals surface area contributed by atoms with Gasteiger partial charge in [0.15, 0.2) is 5.78 Å². The number of carbonyl (C=O) groups is 2. The van der Waals surface area contributed by atoms with Gasteiger partial charge < -0.3 is 4.74 Å². The first-order chi connectivity index (χ1) is 5.56. The second kappa shape index (κ2) is 5.88. The average molecular weight is 192 g/mol. The quantitative estimate of drug-likeness (QED) is 0.450. The van der Waals surface area contributed by atoms with Crippen molar-refractivity contribution in [3.63, 3.8) is 0 Å². The normalized spacial score (nSPS) is 12.2. The van der Waals surface area contributed by atoms with Crippen molar-refractivity contribution in [1.82, 2.24) is 0 Å². The van der Waals surface area contributed by atoms with Crippen molar-refractivity contribution in [1.29, 1.82) is 0 Å². The van der Waals surface area contributed by atoms with Crippen LogP contribution in [0.3, 0.4) is 0 Å². The Morgan fingerprint density at radius 2 is 2.00 bits per heavy atom. The molecule has 4 nitrogen and oxygen atoms in total. The van der Waals surface area contributed by atoms with Gasteiger partial charge in [-0.25, -0.2) is 0 Å². The summed E-state index contributed by atoms with van der Waals surface area (Å²) >= 11 is 0. The molecule has 0 aromatic carbocycles. The van der Waals surface area contributed by atoms with Crippen LogP contribution in [0.4, 0.5) is 0 Å². The Balaban J connectivity index is 3.69. The summed E-state index contributed by atoms with van der Waals surface area (Å²) in [5.74, 6) is -0.957. The van der Waals surface area contributed by atoms with Crippen molar-refractivity contribution < 1.29 is 18.5 Å². The van der Waals surface area contributed by atoms with Crippen LogP contribution in [-0.4, -0.2) is 34.6 Å². The van der Waals surface area contributed by atoms with Gasteiger partial charge in [0, 0.05) is 17.1 Å². The molecular weight excluding hydrogens is 180 g/mol. The van der Waals surface area contributed by atoms with Crippen LogP contribution in [0, 0.1) is 0 Å². The van der Waals surface area contributed by atoms with Gasteiger partial charge in [-0.2, -0.15) is 0 Å². The molecule has 0 bridgehead atoms. The summed E-state index contributed by atoms with van der Waals surface area (Å²) in [6.45, 7) is 1.93. The zero-order valence-electron chi connectivity index (χ0n) is 7.16. The van der Waals surface area contributed by atoms with Gasteiger partial charge in [-0.15, -0.1) is 0 Å². The van der Waals surface area contributed by atoms with Gasteiger partial charge in [0.25, 0.3) is 0 Å². The first-order valence-electron chi connectivity index (χ1n) is 3.53. The molecule has 0 aromatic heterocycles. The Morgan fingerprint density at radius 1 is 1.42 bits per heavy atom. The average Bonchev–Trinajstić information content (AvgIpc) is 1.84. The SMILES string of the molecule is CCOC(=O)CC(=O)CS(C)=O. The lowest BCUT2D eigenvalue weighted by Gasteiger charge is -1.99. The summed E-state index contributed by atoms with van der Waals surface area (Å²) in [7, 11) is -1.17. The minimum Gasteiger partial charge on any atom is -0.466 e. The summed E-state index contributed by atoms with van der Waals surface area (Å²) in [5.41, 5.74) is 0. The third-order valence-corrected chi connectivity index (χ3v) is 1.74. The number of carbonyl (C=O) groups excluding carboxylic acids is 2. The molecule has 0 radical (unpaired) electrons. The van der Waals surface area contributed by atoms with Gasteiger partial charge in [0.2, 0.25) is 0 Å². The first kappa shape index (κ1) is 11.3. The van der Waals surface area contributed by atoms with E-state index in [4.69, 9.17) is 0 Å². The fourth-order valence-electron chi connectivity index (χ4n) is 0.651. The van der Waals surface area contributed by atoms with Gasteiger partial charge in [0.1, 0.15) is 6.42 Å². The van der Waals surface area contributed by atoms with Crippen LogP contribution in [0.25, 0.3) is 0 Å². The van der Waals surface area contributed by atoms with Gasteiger partial charge in [-0.05, 0) is 6.92 Å². The number of esters is 1. The maximum atomic E-state index is 10.8. The fourth-order valence-corrected chi connectivity index (χ4v) is 1.21. The van der Waals surface area contributed by atoms with Crippen LogP contribution < -0.4 is 0 Å². The van der Waals surface area contributed by atoms with E-state index in [1.54, 1.807) is 6.92 Å². The lowest BCUT2D eigenvalue weighted by molar-refractivity contribution is -0.145. The second-order valence-corrected chi connectivity index (χ2v) is 3.67. The van der Waals surface area contributed by atoms with Gasteiger partial charge >= 0.3 is 5.97 Å². The van der Waals surface area contributed by atoms with Crippen molar-refractivity contribution in [3.8, 4) is 0 Å². The number of hydrogen-bond donors (Lipinski definition) is 0. The topological polar surface area (TPSA) is 60.4 Å². The summed E-state index contributed by atoms with van der Waals surface area (Å²) in [5, 5.41) is 0. The number of ketones is 1. The van der Waals surface area contributed by atoms with E-state index < -0.39 is 16.8 Å². The Bertz CT molecular complexity index is 200. The molecule has 1 atom stereocenters. The number of Topliss-reactive ketones (excluding diaryl/α,β-unsaturated/α-hetero) is 1. The van der Waals surface area contributed by atoms with Crippen LogP contribution >= 0.6 is 0 Å². The van der Waals surface area contributed by atoms with Crippen LogP contribution in [0.15, 0.2) is 0 Å². The Labute approximate surface area is 73.7 Å². The highest BCUT2D eigenvalue weighted by Crippen LogP contribution is 1.90. The Kier molecular flexibility index (Phi) is 5.53. The molecule has 1 unspecified atom stereocenters. The van der Waals surface area contributed by atoms with Crippen LogP contribution in [-0.2, 0) is 25.1 Å². The number of ether oxygens (including phenoxy) is 1.